The minimum absolute atomic E-state index is 0.0193. The third-order valence-corrected chi connectivity index (χ3v) is 4.82. The van der Waals surface area contributed by atoms with Crippen LogP contribution in [0.2, 0.25) is 0 Å². The molecule has 0 aromatic heterocycles. The van der Waals surface area contributed by atoms with Gasteiger partial charge in [-0.15, -0.1) is 0 Å². The van der Waals surface area contributed by atoms with E-state index in [4.69, 9.17) is 0 Å². The van der Waals surface area contributed by atoms with E-state index >= 15 is 0 Å². The van der Waals surface area contributed by atoms with Gasteiger partial charge in [0.25, 0.3) is 5.91 Å². The Morgan fingerprint density at radius 2 is 1.52 bits per heavy atom. The lowest BCUT2D eigenvalue weighted by atomic mass is 9.90. The van der Waals surface area contributed by atoms with Gasteiger partial charge in [0.15, 0.2) is 0 Å². The van der Waals surface area contributed by atoms with Crippen molar-refractivity contribution in [3.63, 3.8) is 0 Å². The Balaban J connectivity index is 1.64. The molecule has 1 aromatic rings. The maximum atomic E-state index is 12.7. The summed E-state index contributed by atoms with van der Waals surface area (Å²) in [6.45, 7) is 2.42. The summed E-state index contributed by atoms with van der Waals surface area (Å²) in [5.41, 5.74) is 3.52. The van der Waals surface area contributed by atoms with Crippen LogP contribution < -0.4 is 0 Å². The van der Waals surface area contributed by atoms with Crippen molar-refractivity contribution in [2.24, 2.45) is 0 Å². The van der Waals surface area contributed by atoms with Crippen LogP contribution in [0.25, 0.3) is 0 Å². The first-order chi connectivity index (χ1) is 11.1. The zero-order chi connectivity index (χ0) is 16.4. The van der Waals surface area contributed by atoms with Crippen molar-refractivity contribution in [2.75, 3.05) is 40.3 Å². The number of fused-ring (bicyclic) bond motifs is 1. The third-order valence-electron chi connectivity index (χ3n) is 4.82. The molecule has 0 atom stereocenters. The molecule has 1 aliphatic carbocycles. The van der Waals surface area contributed by atoms with Gasteiger partial charge in [0.05, 0.1) is 0 Å². The number of rotatable bonds is 1. The Morgan fingerprint density at radius 3 is 2.17 bits per heavy atom. The highest BCUT2D eigenvalue weighted by Gasteiger charge is 2.26. The Hall–Kier alpha value is -2.04. The number of urea groups is 1. The molecule has 124 valence electrons. The average molecular weight is 315 g/mol. The van der Waals surface area contributed by atoms with E-state index in [0.29, 0.717) is 26.2 Å². The summed E-state index contributed by atoms with van der Waals surface area (Å²) in [7, 11) is 3.51. The maximum Gasteiger partial charge on any atom is 0.319 e. The lowest BCUT2D eigenvalue weighted by Crippen LogP contribution is -2.52. The molecule has 5 nitrogen and oxygen atoms in total. The number of nitrogens with zero attached hydrogens (tertiary/aromatic N) is 3. The van der Waals surface area contributed by atoms with Gasteiger partial charge in [0, 0.05) is 45.8 Å². The van der Waals surface area contributed by atoms with Crippen LogP contribution in [0.5, 0.6) is 0 Å². The number of carbonyl (C=O) groups excluding carboxylic acids is 2. The van der Waals surface area contributed by atoms with Gasteiger partial charge >= 0.3 is 6.03 Å². The lowest BCUT2D eigenvalue weighted by molar-refractivity contribution is 0.0650. The van der Waals surface area contributed by atoms with Gasteiger partial charge in [-0.2, -0.15) is 0 Å². The first-order valence-corrected chi connectivity index (χ1v) is 8.43. The molecular formula is C18H25N3O2. The quantitative estimate of drug-likeness (QED) is 0.796. The van der Waals surface area contributed by atoms with Crippen LogP contribution in [0, 0.1) is 0 Å². The highest BCUT2D eigenvalue weighted by Crippen LogP contribution is 2.23. The number of aryl methyl sites for hydroxylation is 2. The molecule has 0 saturated carbocycles. The Labute approximate surface area is 137 Å². The molecular weight excluding hydrogens is 290 g/mol. The van der Waals surface area contributed by atoms with E-state index in [-0.39, 0.29) is 11.9 Å². The van der Waals surface area contributed by atoms with Gasteiger partial charge in [0.2, 0.25) is 0 Å². The van der Waals surface area contributed by atoms with Crippen molar-refractivity contribution >= 4 is 11.9 Å². The zero-order valence-corrected chi connectivity index (χ0v) is 14.0. The molecule has 1 heterocycles. The Bertz CT molecular complexity index is 604. The molecule has 0 N–H and O–H groups in total. The van der Waals surface area contributed by atoms with Gasteiger partial charge < -0.3 is 14.7 Å². The summed E-state index contributed by atoms with van der Waals surface area (Å²) in [5.74, 6) is 0.0929. The first kappa shape index (κ1) is 15.8. The predicted octanol–water partition coefficient (Wildman–Crippen LogP) is 2.00. The molecule has 0 bridgehead atoms. The summed E-state index contributed by atoms with van der Waals surface area (Å²) in [5, 5.41) is 0. The molecule has 1 fully saturated rings. The van der Waals surface area contributed by atoms with Crippen LogP contribution in [0.3, 0.4) is 0 Å². The van der Waals surface area contributed by atoms with Crippen LogP contribution in [0.4, 0.5) is 4.79 Å². The van der Waals surface area contributed by atoms with Crippen molar-refractivity contribution in [3.8, 4) is 0 Å². The number of hydrogen-bond donors (Lipinski definition) is 0. The second kappa shape index (κ2) is 6.60. The maximum absolute atomic E-state index is 12.7. The van der Waals surface area contributed by atoms with Crippen LogP contribution in [-0.2, 0) is 12.8 Å². The fourth-order valence-electron chi connectivity index (χ4n) is 3.43. The number of hydrogen-bond acceptors (Lipinski definition) is 2. The Kier molecular flexibility index (Phi) is 4.55. The molecule has 0 unspecified atom stereocenters. The van der Waals surface area contributed by atoms with Crippen LogP contribution in [0.1, 0.15) is 34.3 Å². The van der Waals surface area contributed by atoms with Gasteiger partial charge in [-0.1, -0.05) is 6.07 Å². The van der Waals surface area contributed by atoms with Gasteiger partial charge in [-0.05, 0) is 48.9 Å². The first-order valence-electron chi connectivity index (χ1n) is 8.43. The van der Waals surface area contributed by atoms with Gasteiger partial charge in [-0.3, -0.25) is 4.79 Å². The summed E-state index contributed by atoms with van der Waals surface area (Å²) in [4.78, 5) is 29.9. The van der Waals surface area contributed by atoms with E-state index in [9.17, 15) is 9.59 Å². The van der Waals surface area contributed by atoms with Crippen LogP contribution >= 0.6 is 0 Å². The molecule has 0 spiro atoms. The van der Waals surface area contributed by atoms with Crippen molar-refractivity contribution in [1.29, 1.82) is 0 Å². The monoisotopic (exact) mass is 315 g/mol. The van der Waals surface area contributed by atoms with Crippen LogP contribution in [0.15, 0.2) is 18.2 Å². The number of benzene rings is 1. The summed E-state index contributed by atoms with van der Waals surface area (Å²) < 4.78 is 0. The fourth-order valence-corrected chi connectivity index (χ4v) is 3.43. The van der Waals surface area contributed by atoms with Gasteiger partial charge in [0.1, 0.15) is 0 Å². The molecule has 0 radical (unpaired) electrons. The highest BCUT2D eigenvalue weighted by molar-refractivity contribution is 5.94. The van der Waals surface area contributed by atoms with Crippen molar-refractivity contribution < 1.29 is 9.59 Å². The van der Waals surface area contributed by atoms with Crippen molar-refractivity contribution in [1.82, 2.24) is 14.7 Å². The third kappa shape index (κ3) is 3.33. The molecule has 1 aliphatic heterocycles. The average Bonchev–Trinajstić information content (AvgIpc) is 2.60. The molecule has 3 rings (SSSR count). The standard InChI is InChI=1S/C18H25N3O2/c1-19(2)18(23)21-11-9-20(10-12-21)17(22)16-8-7-14-5-3-4-6-15(14)13-16/h7-8,13H,3-6,9-12H2,1-2H3. The molecule has 23 heavy (non-hydrogen) atoms. The highest BCUT2D eigenvalue weighted by atomic mass is 16.2. The zero-order valence-electron chi connectivity index (χ0n) is 14.0. The number of amides is 3. The SMILES string of the molecule is CN(C)C(=O)N1CCN(C(=O)c2ccc3c(c2)CCCC3)CC1. The second-order valence-electron chi connectivity index (χ2n) is 6.65. The van der Waals surface area contributed by atoms with E-state index in [0.717, 1.165) is 18.4 Å². The van der Waals surface area contributed by atoms with Gasteiger partial charge in [-0.25, -0.2) is 4.79 Å². The second-order valence-corrected chi connectivity index (χ2v) is 6.65. The minimum Gasteiger partial charge on any atom is -0.335 e. The smallest absolute Gasteiger partial charge is 0.319 e. The van der Waals surface area contributed by atoms with E-state index in [2.05, 4.69) is 12.1 Å². The van der Waals surface area contributed by atoms with E-state index in [1.54, 1.807) is 23.9 Å². The molecule has 5 heteroatoms. The normalized spacial score (nSPS) is 17.7. The molecule has 3 amide bonds. The van der Waals surface area contributed by atoms with E-state index in [1.165, 1.54) is 24.0 Å². The van der Waals surface area contributed by atoms with E-state index in [1.807, 2.05) is 11.0 Å². The van der Waals surface area contributed by atoms with E-state index < -0.39 is 0 Å². The molecule has 1 saturated heterocycles. The molecule has 2 aliphatic rings. The lowest BCUT2D eigenvalue weighted by Gasteiger charge is -2.36. The summed E-state index contributed by atoms with van der Waals surface area (Å²) in [6.07, 6.45) is 4.69. The van der Waals surface area contributed by atoms with Crippen molar-refractivity contribution in [3.05, 3.63) is 34.9 Å². The number of carbonyl (C=O) groups is 2. The summed E-state index contributed by atoms with van der Waals surface area (Å²) >= 11 is 0. The Morgan fingerprint density at radius 1 is 0.913 bits per heavy atom. The van der Waals surface area contributed by atoms with Crippen LogP contribution in [-0.4, -0.2) is 66.9 Å². The summed E-state index contributed by atoms with van der Waals surface area (Å²) in [6, 6.07) is 6.18. The molecule has 1 aromatic carbocycles. The largest absolute Gasteiger partial charge is 0.335 e. The predicted molar refractivity (Wildman–Crippen MR) is 89.6 cm³/mol. The van der Waals surface area contributed by atoms with Crippen molar-refractivity contribution in [2.45, 2.75) is 25.7 Å². The minimum atomic E-state index is 0.0193. The topological polar surface area (TPSA) is 43.9 Å². The number of piperazine rings is 1. The fraction of sp³-hybridized carbons (Fsp3) is 0.556.